The Labute approximate surface area is 174 Å². The minimum absolute atomic E-state index is 0. The zero-order chi connectivity index (χ0) is 17.2. The molecule has 1 aromatic carbocycles. The number of nitrogens with zero attached hydrogens (tertiary/aromatic N) is 2. The average molecular weight is 495 g/mol. The summed E-state index contributed by atoms with van der Waals surface area (Å²) in [6, 6.07) is 10.3. The predicted octanol–water partition coefficient (Wildman–Crippen LogP) is 4.34. The molecule has 0 aliphatic carbocycles. The van der Waals surface area contributed by atoms with E-state index in [4.69, 9.17) is 11.6 Å². The highest BCUT2D eigenvalue weighted by molar-refractivity contribution is 14.0. The van der Waals surface area contributed by atoms with Gasteiger partial charge in [0.25, 0.3) is 0 Å². The lowest BCUT2D eigenvalue weighted by Gasteiger charge is -2.11. The maximum atomic E-state index is 12.8. The lowest BCUT2D eigenvalue weighted by molar-refractivity contribution is 0.626. The van der Waals surface area contributed by atoms with Gasteiger partial charge in [0.1, 0.15) is 11.0 Å². The Bertz CT molecular complexity index is 653. The number of benzene rings is 1. The van der Waals surface area contributed by atoms with Crippen LogP contribution in [0.4, 0.5) is 4.39 Å². The molecular formula is C17H21ClFIN4S. The van der Waals surface area contributed by atoms with E-state index in [9.17, 15) is 4.39 Å². The summed E-state index contributed by atoms with van der Waals surface area (Å²) in [4.78, 5) is 9.31. The quantitative estimate of drug-likeness (QED) is 0.150. The second-order valence-electron chi connectivity index (χ2n) is 5.00. The summed E-state index contributed by atoms with van der Waals surface area (Å²) in [5, 5.41) is 6.98. The van der Waals surface area contributed by atoms with E-state index in [0.717, 1.165) is 35.1 Å². The van der Waals surface area contributed by atoms with Gasteiger partial charge in [-0.05, 0) is 48.1 Å². The van der Waals surface area contributed by atoms with Gasteiger partial charge in [-0.1, -0.05) is 17.7 Å². The fraction of sp³-hybridized carbons (Fsp3) is 0.294. The van der Waals surface area contributed by atoms with Gasteiger partial charge in [0, 0.05) is 31.2 Å². The molecule has 4 nitrogen and oxygen atoms in total. The van der Waals surface area contributed by atoms with E-state index in [1.54, 1.807) is 43.2 Å². The molecule has 0 aliphatic heterocycles. The van der Waals surface area contributed by atoms with Crippen molar-refractivity contribution in [3.63, 3.8) is 0 Å². The van der Waals surface area contributed by atoms with Crippen molar-refractivity contribution in [2.75, 3.05) is 19.3 Å². The Balaban J connectivity index is 0.00000312. The third-order valence-corrected chi connectivity index (χ3v) is 4.49. The molecule has 0 amide bonds. The molecule has 0 fully saturated rings. The van der Waals surface area contributed by atoms with Crippen LogP contribution in [0.3, 0.4) is 0 Å². The van der Waals surface area contributed by atoms with Gasteiger partial charge in [-0.3, -0.25) is 4.99 Å². The lowest BCUT2D eigenvalue weighted by Crippen LogP contribution is -2.37. The van der Waals surface area contributed by atoms with E-state index < -0.39 is 0 Å². The summed E-state index contributed by atoms with van der Waals surface area (Å²) in [7, 11) is 1.74. The molecule has 0 atom stereocenters. The molecule has 25 heavy (non-hydrogen) atoms. The van der Waals surface area contributed by atoms with Gasteiger partial charge in [0.15, 0.2) is 5.96 Å². The van der Waals surface area contributed by atoms with Crippen LogP contribution in [0.5, 0.6) is 0 Å². The number of aromatic nitrogens is 1. The number of aliphatic imine (C=N–C) groups is 1. The maximum absolute atomic E-state index is 12.8. The molecule has 136 valence electrons. The third-order valence-electron chi connectivity index (χ3n) is 3.17. The minimum Gasteiger partial charge on any atom is -0.356 e. The van der Waals surface area contributed by atoms with Crippen LogP contribution in [0.25, 0.3) is 0 Å². The normalized spacial score (nSPS) is 10.9. The summed E-state index contributed by atoms with van der Waals surface area (Å²) in [6.07, 6.45) is 2.72. The van der Waals surface area contributed by atoms with Gasteiger partial charge in [0.05, 0.1) is 0 Å². The standard InChI is InChI=1S/C17H20ClFN4S.HI/c1-20-17(23-12-13-3-8-16(18)22-11-13)21-9-2-10-24-15-6-4-14(19)5-7-15;/h3-8,11H,2,9-10,12H2,1H3,(H2,20,21,23);1H. The first-order valence-corrected chi connectivity index (χ1v) is 8.97. The van der Waals surface area contributed by atoms with Gasteiger partial charge < -0.3 is 10.6 Å². The number of pyridine rings is 1. The van der Waals surface area contributed by atoms with Crippen LogP contribution < -0.4 is 10.6 Å². The largest absolute Gasteiger partial charge is 0.356 e. The second kappa shape index (κ2) is 12.3. The summed E-state index contributed by atoms with van der Waals surface area (Å²) in [6.45, 7) is 1.45. The Hall–Kier alpha value is -1.06. The molecule has 0 spiro atoms. The van der Waals surface area contributed by atoms with Gasteiger partial charge in [-0.15, -0.1) is 35.7 Å². The number of hydrogen-bond acceptors (Lipinski definition) is 3. The van der Waals surface area contributed by atoms with Crippen LogP contribution in [-0.2, 0) is 6.54 Å². The first-order valence-electron chi connectivity index (χ1n) is 7.60. The van der Waals surface area contributed by atoms with Crippen molar-refractivity contribution in [2.24, 2.45) is 4.99 Å². The zero-order valence-corrected chi connectivity index (χ0v) is 17.7. The van der Waals surface area contributed by atoms with Crippen LogP contribution in [0.2, 0.25) is 5.15 Å². The SMILES string of the molecule is CN=C(NCCCSc1ccc(F)cc1)NCc1ccc(Cl)nc1.I. The Morgan fingerprint density at radius 3 is 2.60 bits per heavy atom. The van der Waals surface area contributed by atoms with E-state index in [0.29, 0.717) is 11.7 Å². The topological polar surface area (TPSA) is 49.3 Å². The van der Waals surface area contributed by atoms with Crippen molar-refractivity contribution in [2.45, 2.75) is 17.9 Å². The van der Waals surface area contributed by atoms with Crippen molar-refractivity contribution < 1.29 is 4.39 Å². The molecule has 8 heteroatoms. The molecule has 0 saturated carbocycles. The van der Waals surface area contributed by atoms with Crippen molar-refractivity contribution in [1.82, 2.24) is 15.6 Å². The van der Waals surface area contributed by atoms with Crippen LogP contribution in [0, 0.1) is 5.82 Å². The highest BCUT2D eigenvalue weighted by Gasteiger charge is 2.00. The molecule has 1 aromatic heterocycles. The third kappa shape index (κ3) is 8.73. The van der Waals surface area contributed by atoms with E-state index >= 15 is 0 Å². The molecule has 0 saturated heterocycles. The number of hydrogen-bond donors (Lipinski definition) is 2. The molecule has 0 bridgehead atoms. The number of nitrogens with one attached hydrogen (secondary N) is 2. The predicted molar refractivity (Wildman–Crippen MR) is 115 cm³/mol. The molecule has 0 unspecified atom stereocenters. The summed E-state index contributed by atoms with van der Waals surface area (Å²) in [5.74, 6) is 1.50. The molecule has 2 rings (SSSR count). The smallest absolute Gasteiger partial charge is 0.191 e. The Morgan fingerprint density at radius 1 is 1.20 bits per heavy atom. The van der Waals surface area contributed by atoms with Crippen LogP contribution in [0.15, 0.2) is 52.5 Å². The Morgan fingerprint density at radius 2 is 1.96 bits per heavy atom. The van der Waals surface area contributed by atoms with Crippen LogP contribution in [-0.4, -0.2) is 30.3 Å². The lowest BCUT2D eigenvalue weighted by atomic mass is 10.3. The number of halogens is 3. The molecule has 0 radical (unpaired) electrons. The highest BCUT2D eigenvalue weighted by Crippen LogP contribution is 2.18. The molecule has 1 heterocycles. The van der Waals surface area contributed by atoms with Gasteiger partial charge in [-0.25, -0.2) is 9.37 Å². The second-order valence-corrected chi connectivity index (χ2v) is 6.55. The van der Waals surface area contributed by atoms with Crippen molar-refractivity contribution in [3.8, 4) is 0 Å². The van der Waals surface area contributed by atoms with E-state index in [-0.39, 0.29) is 29.8 Å². The van der Waals surface area contributed by atoms with Gasteiger partial charge >= 0.3 is 0 Å². The summed E-state index contributed by atoms with van der Waals surface area (Å²) < 4.78 is 12.8. The van der Waals surface area contributed by atoms with Crippen molar-refractivity contribution in [1.29, 1.82) is 0 Å². The van der Waals surface area contributed by atoms with Crippen molar-refractivity contribution >= 4 is 53.3 Å². The molecular weight excluding hydrogens is 474 g/mol. The monoisotopic (exact) mass is 494 g/mol. The molecule has 2 aromatic rings. The fourth-order valence-electron chi connectivity index (χ4n) is 1.92. The first-order chi connectivity index (χ1) is 11.7. The van der Waals surface area contributed by atoms with Crippen LogP contribution >= 0.6 is 47.3 Å². The van der Waals surface area contributed by atoms with Crippen molar-refractivity contribution in [3.05, 3.63) is 59.1 Å². The number of guanidine groups is 1. The number of rotatable bonds is 7. The van der Waals surface area contributed by atoms with Crippen LogP contribution in [0.1, 0.15) is 12.0 Å². The fourth-order valence-corrected chi connectivity index (χ4v) is 2.88. The Kier molecular flexibility index (Phi) is 10.8. The average Bonchev–Trinajstić information content (AvgIpc) is 2.60. The zero-order valence-electron chi connectivity index (χ0n) is 13.8. The van der Waals surface area contributed by atoms with Gasteiger partial charge in [0.2, 0.25) is 0 Å². The van der Waals surface area contributed by atoms with E-state index in [2.05, 4.69) is 20.6 Å². The maximum Gasteiger partial charge on any atom is 0.191 e. The molecule has 0 aliphatic rings. The number of thioether (sulfide) groups is 1. The minimum atomic E-state index is -0.202. The highest BCUT2D eigenvalue weighted by atomic mass is 127. The van der Waals surface area contributed by atoms with E-state index in [1.807, 2.05) is 6.07 Å². The summed E-state index contributed by atoms with van der Waals surface area (Å²) >= 11 is 7.48. The summed E-state index contributed by atoms with van der Waals surface area (Å²) in [5.41, 5.74) is 1.04. The first kappa shape index (κ1) is 22.0. The van der Waals surface area contributed by atoms with E-state index in [1.165, 1.54) is 12.1 Å². The van der Waals surface area contributed by atoms with Gasteiger partial charge in [-0.2, -0.15) is 0 Å². The molecule has 2 N–H and O–H groups in total.